The minimum atomic E-state index is 0.238. The zero-order valence-corrected chi connectivity index (χ0v) is 26.2. The number of nitrogens with one attached hydrogen (secondary N) is 4. The quantitative estimate of drug-likeness (QED) is 0.116. The molecule has 0 aliphatic carbocycles. The molecule has 0 atom stereocenters. The molecule has 8 nitrogen and oxygen atoms in total. The van der Waals surface area contributed by atoms with E-state index >= 15 is 0 Å². The number of aromatic nitrogens is 4. The van der Waals surface area contributed by atoms with Gasteiger partial charge in [-0.1, -0.05) is 107 Å². The summed E-state index contributed by atoms with van der Waals surface area (Å²) in [6.07, 6.45) is 0. The molecule has 8 bridgehead atoms. The Morgan fingerprint density at radius 3 is 1.58 bits per heavy atom. The van der Waals surface area contributed by atoms with Crippen LogP contribution in [0.2, 0.25) is 20.1 Å². The monoisotopic (exact) mass is 666 g/mol. The van der Waals surface area contributed by atoms with E-state index in [1.807, 2.05) is 73.7 Å². The van der Waals surface area contributed by atoms with Crippen LogP contribution in [-0.2, 0) is 0 Å². The number of aromatic amines is 4. The molecule has 45 heavy (non-hydrogen) atoms. The van der Waals surface area contributed by atoms with Crippen molar-refractivity contribution in [3.05, 3.63) is 114 Å². The molecule has 218 valence electrons. The first kappa shape index (κ1) is 26.8. The minimum absolute atomic E-state index is 0.238. The molecule has 4 aromatic heterocycles. The van der Waals surface area contributed by atoms with Gasteiger partial charge in [-0.05, 0) is 18.6 Å². The van der Waals surface area contributed by atoms with Crippen molar-refractivity contribution in [2.75, 3.05) is 0 Å². The highest BCUT2D eigenvalue weighted by Crippen LogP contribution is 2.40. The smallest absolute Gasteiger partial charge is 0.143 e. The first-order valence-electron chi connectivity index (χ1n) is 13.9. The molecule has 0 amide bonds. The summed E-state index contributed by atoms with van der Waals surface area (Å²) in [6, 6.07) is 21.6. The average Bonchev–Trinajstić information content (AvgIpc) is 3.78. The van der Waals surface area contributed by atoms with Crippen LogP contribution in [0.15, 0.2) is 86.7 Å². The van der Waals surface area contributed by atoms with Crippen LogP contribution in [0.1, 0.15) is 5.56 Å². The van der Waals surface area contributed by atoms with Gasteiger partial charge in [0.1, 0.15) is 45.2 Å². The Kier molecular flexibility index (Phi) is 5.77. The Hall–Kier alpha value is -4.60. The highest BCUT2D eigenvalue weighted by molar-refractivity contribution is 6.51. The van der Waals surface area contributed by atoms with Gasteiger partial charge in [0.2, 0.25) is 0 Å². The highest BCUT2D eigenvalue weighted by atomic mass is 35.5. The Labute approximate surface area is 272 Å². The number of benzene rings is 4. The average molecular weight is 668 g/mol. The molecular formula is C33H18Cl4N8. The number of H-pyrrole nitrogens is 4. The van der Waals surface area contributed by atoms with Crippen molar-refractivity contribution in [2.45, 2.75) is 6.92 Å². The fraction of sp³-hybridized carbons (Fsp3) is 0.0303. The van der Waals surface area contributed by atoms with Gasteiger partial charge in [-0.15, -0.1) is 0 Å². The number of aryl methyl sites for hydroxylation is 1. The third kappa shape index (κ3) is 3.87. The van der Waals surface area contributed by atoms with E-state index in [2.05, 4.69) is 19.9 Å². The molecule has 0 saturated heterocycles. The Bertz CT molecular complexity index is 2840. The topological polar surface area (TPSA) is 113 Å². The van der Waals surface area contributed by atoms with Gasteiger partial charge in [0.05, 0.1) is 20.1 Å². The van der Waals surface area contributed by atoms with Crippen LogP contribution in [0.4, 0.5) is 23.3 Å². The molecule has 12 heteroatoms. The van der Waals surface area contributed by atoms with Crippen LogP contribution in [0.3, 0.4) is 0 Å². The van der Waals surface area contributed by atoms with Crippen molar-refractivity contribution < 1.29 is 0 Å². The largest absolute Gasteiger partial charge is 0.324 e. The van der Waals surface area contributed by atoms with Gasteiger partial charge < -0.3 is 19.9 Å². The van der Waals surface area contributed by atoms with Crippen LogP contribution < -0.4 is 22.0 Å². The van der Waals surface area contributed by atoms with Crippen molar-refractivity contribution in [3.63, 3.8) is 0 Å². The van der Waals surface area contributed by atoms with E-state index in [9.17, 15) is 0 Å². The molecule has 1 aliphatic heterocycles. The summed E-state index contributed by atoms with van der Waals surface area (Å²) in [5.41, 5.74) is 2.95. The van der Waals surface area contributed by atoms with E-state index in [0.717, 1.165) is 26.9 Å². The second-order valence-corrected chi connectivity index (χ2v) is 12.3. The summed E-state index contributed by atoms with van der Waals surface area (Å²) in [4.78, 5) is 33.9. The lowest BCUT2D eigenvalue weighted by Crippen LogP contribution is -2.10. The summed E-state index contributed by atoms with van der Waals surface area (Å²) >= 11 is 27.0. The van der Waals surface area contributed by atoms with Crippen LogP contribution in [0.5, 0.6) is 0 Å². The lowest BCUT2D eigenvalue weighted by molar-refractivity contribution is 1.08. The normalized spacial score (nSPS) is 12.8. The van der Waals surface area contributed by atoms with Crippen molar-refractivity contribution >= 4 is 113 Å². The summed E-state index contributed by atoms with van der Waals surface area (Å²) in [5.74, 6) is 2.31. The van der Waals surface area contributed by atoms with E-state index in [-0.39, 0.29) is 10.0 Å². The van der Waals surface area contributed by atoms with E-state index in [1.54, 1.807) is 0 Å². The molecule has 9 rings (SSSR count). The van der Waals surface area contributed by atoms with Gasteiger partial charge >= 0.3 is 0 Å². The molecular weight excluding hydrogens is 650 g/mol. The third-order valence-corrected chi connectivity index (χ3v) is 9.99. The van der Waals surface area contributed by atoms with Crippen LogP contribution in [0.25, 0.3) is 43.1 Å². The van der Waals surface area contributed by atoms with Crippen LogP contribution >= 0.6 is 46.4 Å². The van der Waals surface area contributed by atoms with Crippen LogP contribution in [-0.4, -0.2) is 19.9 Å². The van der Waals surface area contributed by atoms with Gasteiger partial charge in [-0.3, -0.25) is 0 Å². The molecule has 0 fully saturated rings. The SMILES string of the molecule is Cc1c(Cl)c(Cl)c(Cl)c2c3[nH]c(c12)=Nc1[nH]c(c2ccccc12)N=c1[nH]c(c2ccccc12)=Nc1[nH]c(c2c(Cl)cccc12)N=3. The predicted molar refractivity (Wildman–Crippen MR) is 181 cm³/mol. The molecule has 4 N–H and O–H groups in total. The first-order chi connectivity index (χ1) is 21.9. The molecule has 0 spiro atoms. The molecule has 0 radical (unpaired) electrons. The van der Waals surface area contributed by atoms with E-state index in [4.69, 9.17) is 66.4 Å². The molecule has 0 unspecified atom stereocenters. The van der Waals surface area contributed by atoms with Crippen molar-refractivity contribution in [2.24, 2.45) is 20.0 Å². The summed E-state index contributed by atoms with van der Waals surface area (Å²) in [6.45, 7) is 1.88. The lowest BCUT2D eigenvalue weighted by atomic mass is 10.1. The van der Waals surface area contributed by atoms with Gasteiger partial charge in [-0.2, -0.15) is 0 Å². The highest BCUT2D eigenvalue weighted by Gasteiger charge is 2.21. The first-order valence-corrected chi connectivity index (χ1v) is 15.5. The zero-order valence-electron chi connectivity index (χ0n) is 23.2. The molecule has 0 saturated carbocycles. The van der Waals surface area contributed by atoms with E-state index < -0.39 is 0 Å². The summed E-state index contributed by atoms with van der Waals surface area (Å²) < 4.78 is 0. The van der Waals surface area contributed by atoms with Crippen molar-refractivity contribution in [1.29, 1.82) is 0 Å². The van der Waals surface area contributed by atoms with Gasteiger partial charge in [0.15, 0.2) is 0 Å². The Balaban J connectivity index is 1.54. The maximum absolute atomic E-state index is 6.89. The summed E-state index contributed by atoms with van der Waals surface area (Å²) in [7, 11) is 0. The second-order valence-electron chi connectivity index (χ2n) is 10.8. The molecule has 5 heterocycles. The van der Waals surface area contributed by atoms with Gasteiger partial charge in [-0.25, -0.2) is 20.0 Å². The number of hydrogen-bond donors (Lipinski definition) is 4. The minimum Gasteiger partial charge on any atom is -0.324 e. The number of fused-ring (bicyclic) bond motifs is 20. The number of nitrogens with zero attached hydrogens (tertiary/aromatic N) is 4. The number of rotatable bonds is 0. The third-order valence-electron chi connectivity index (χ3n) is 8.25. The fourth-order valence-corrected chi connectivity index (χ4v) is 7.18. The number of halogens is 4. The standard InChI is InChI=1S/C33H18Cl4N8/c1-13-20-22(24(36)25(37)23(13)35)33-44-31(20)42-29-17-10-5-4-9-16(17)27(40-29)38-26-14-7-2-3-8-15(14)28(39-26)41-30-18-11-6-12-19(34)21(18)32(43-30)45-33/h2-12H,1H3,(H4,38,39,40,41,42,43,44,45). The lowest BCUT2D eigenvalue weighted by Gasteiger charge is -2.05. The van der Waals surface area contributed by atoms with Gasteiger partial charge in [0, 0.05) is 43.1 Å². The number of hydrogen-bond acceptors (Lipinski definition) is 4. The van der Waals surface area contributed by atoms with Crippen molar-refractivity contribution in [3.8, 4) is 0 Å². The Morgan fingerprint density at radius 2 is 0.911 bits per heavy atom. The van der Waals surface area contributed by atoms with Crippen LogP contribution in [0, 0.1) is 6.92 Å². The van der Waals surface area contributed by atoms with E-state index in [1.165, 1.54) is 0 Å². The second kappa shape index (κ2) is 9.70. The Morgan fingerprint density at radius 1 is 0.422 bits per heavy atom. The zero-order chi connectivity index (χ0) is 30.6. The maximum Gasteiger partial charge on any atom is 0.143 e. The molecule has 1 aliphatic rings. The van der Waals surface area contributed by atoms with Crippen molar-refractivity contribution in [1.82, 2.24) is 19.9 Å². The summed E-state index contributed by atoms with van der Waals surface area (Å²) in [5, 5.41) is 7.78. The van der Waals surface area contributed by atoms with E-state index in [0.29, 0.717) is 77.0 Å². The molecule has 8 aromatic rings. The maximum atomic E-state index is 6.89. The predicted octanol–water partition coefficient (Wildman–Crippen LogP) is 8.65. The van der Waals surface area contributed by atoms with Gasteiger partial charge in [0.25, 0.3) is 0 Å². The fourth-order valence-electron chi connectivity index (χ4n) is 6.16. The molecule has 4 aromatic carbocycles.